The van der Waals surface area contributed by atoms with E-state index in [9.17, 15) is 18.4 Å². The molecule has 0 amide bonds. The maximum Gasteiger partial charge on any atom is 0.522 e. The first-order chi connectivity index (χ1) is 16.2. The first-order valence-electron chi connectivity index (χ1n) is 11.0. The topological polar surface area (TPSA) is 93.4 Å². The van der Waals surface area contributed by atoms with Crippen LogP contribution in [0.1, 0.15) is 17.7 Å². The van der Waals surface area contributed by atoms with Crippen LogP contribution < -0.4 is 10.2 Å². The molecule has 2 fully saturated rings. The molecule has 1 N–H and O–H groups in total. The Morgan fingerprint density at radius 1 is 1.24 bits per heavy atom. The predicted molar refractivity (Wildman–Crippen MR) is 122 cm³/mol. The quantitative estimate of drug-likeness (QED) is 0.592. The van der Waals surface area contributed by atoms with Crippen LogP contribution in [0.4, 0.5) is 29.9 Å². The minimum Gasteiger partial charge on any atom is -0.352 e. The average Bonchev–Trinajstić information content (AvgIpc) is 3.16. The lowest BCUT2D eigenvalue weighted by molar-refractivity contribution is -0.325. The van der Waals surface area contributed by atoms with E-state index in [2.05, 4.69) is 35.3 Å². The van der Waals surface area contributed by atoms with Crippen molar-refractivity contribution in [3.05, 3.63) is 23.5 Å². The number of piperazine rings is 1. The summed E-state index contributed by atoms with van der Waals surface area (Å²) in [5.41, 5.74) is 1.59. The molecule has 0 spiro atoms. The van der Waals surface area contributed by atoms with E-state index in [1.165, 1.54) is 11.5 Å². The molecule has 13 heteroatoms. The molecule has 0 radical (unpaired) electrons. The molecule has 9 nitrogen and oxygen atoms in total. The summed E-state index contributed by atoms with van der Waals surface area (Å²) >= 11 is 1.35. The van der Waals surface area contributed by atoms with Crippen LogP contribution in [0.2, 0.25) is 0 Å². The number of anilines is 3. The van der Waals surface area contributed by atoms with Gasteiger partial charge < -0.3 is 10.2 Å². The van der Waals surface area contributed by atoms with Crippen molar-refractivity contribution in [3.8, 4) is 6.07 Å². The Morgan fingerprint density at radius 2 is 1.97 bits per heavy atom. The van der Waals surface area contributed by atoms with Crippen molar-refractivity contribution >= 4 is 28.3 Å². The Balaban J connectivity index is 1.36. The largest absolute Gasteiger partial charge is 0.522 e. The molecule has 2 aromatic rings. The zero-order valence-corrected chi connectivity index (χ0v) is 19.9. The van der Waals surface area contributed by atoms with Crippen molar-refractivity contribution in [2.24, 2.45) is 0 Å². The van der Waals surface area contributed by atoms with Crippen molar-refractivity contribution in [1.82, 2.24) is 24.1 Å². The van der Waals surface area contributed by atoms with Gasteiger partial charge in [0.25, 0.3) is 0 Å². The van der Waals surface area contributed by atoms with E-state index in [1.54, 1.807) is 6.20 Å². The molecule has 0 unspecified atom stereocenters. The molecule has 2 aromatic heterocycles. The number of hydrogen-bond donors (Lipinski definition) is 1. The van der Waals surface area contributed by atoms with Crippen LogP contribution in [0.3, 0.4) is 0 Å². The van der Waals surface area contributed by atoms with E-state index >= 15 is 0 Å². The molecule has 184 valence electrons. The van der Waals surface area contributed by atoms with Crippen molar-refractivity contribution in [2.45, 2.75) is 32.2 Å². The molecule has 34 heavy (non-hydrogen) atoms. The zero-order chi connectivity index (χ0) is 24.3. The second kappa shape index (κ2) is 9.99. The Hall–Kier alpha value is -2.53. The molecular weight excluding hydrogens is 469 g/mol. The third kappa shape index (κ3) is 5.75. The second-order valence-corrected chi connectivity index (χ2v) is 9.50. The lowest BCUT2D eigenvalue weighted by Gasteiger charge is -2.57. The number of rotatable bonds is 8. The number of aromatic nitrogens is 3. The smallest absolute Gasteiger partial charge is 0.352 e. The summed E-state index contributed by atoms with van der Waals surface area (Å²) in [5, 5.41) is 13.6. The summed E-state index contributed by atoms with van der Waals surface area (Å²) in [7, 11) is 0. The fraction of sp³-hybridized carbons (Fsp3) is 0.619. The summed E-state index contributed by atoms with van der Waals surface area (Å²) < 4.78 is 44.8. The third-order valence-corrected chi connectivity index (χ3v) is 7.00. The van der Waals surface area contributed by atoms with E-state index in [4.69, 9.17) is 4.98 Å². The number of nitrogens with one attached hydrogen (secondary N) is 1. The summed E-state index contributed by atoms with van der Waals surface area (Å²) in [6, 6.07) is 4.26. The third-order valence-electron chi connectivity index (χ3n) is 6.20. The van der Waals surface area contributed by atoms with E-state index in [1.807, 2.05) is 24.8 Å². The molecule has 2 aliphatic rings. The van der Waals surface area contributed by atoms with Crippen LogP contribution in [0.5, 0.6) is 0 Å². The Bertz CT molecular complexity index is 1030. The van der Waals surface area contributed by atoms with Gasteiger partial charge in [0.05, 0.1) is 30.3 Å². The lowest BCUT2D eigenvalue weighted by atomic mass is 9.83. The molecule has 2 saturated heterocycles. The predicted octanol–water partition coefficient (Wildman–Crippen LogP) is 2.92. The molecule has 0 atom stereocenters. The van der Waals surface area contributed by atoms with Crippen molar-refractivity contribution < 1.29 is 17.9 Å². The number of nitriles is 1. The first kappa shape index (κ1) is 24.6. The fourth-order valence-electron chi connectivity index (χ4n) is 4.47. The molecular formula is C21H27F3N8OS. The van der Waals surface area contributed by atoms with Crippen LogP contribution in [-0.2, 0) is 4.74 Å². The van der Waals surface area contributed by atoms with Crippen molar-refractivity contribution in [1.29, 1.82) is 5.26 Å². The SMILES string of the molecule is Cc1cc(Nc2ncc(C)c(N3CC(CC#N)(N4CCN(CCOC(F)(F)F)CC4)C3)n2)sn1. The molecule has 4 rings (SSSR count). The van der Waals surface area contributed by atoms with Crippen molar-refractivity contribution in [3.63, 3.8) is 0 Å². The van der Waals surface area contributed by atoms with Gasteiger partial charge in [-0.15, -0.1) is 13.2 Å². The highest BCUT2D eigenvalue weighted by Crippen LogP contribution is 2.36. The molecule has 0 bridgehead atoms. The van der Waals surface area contributed by atoms with Gasteiger partial charge in [0.15, 0.2) is 0 Å². The summed E-state index contributed by atoms with van der Waals surface area (Å²) in [6.07, 6.45) is -2.43. The lowest BCUT2D eigenvalue weighted by Crippen LogP contribution is -2.73. The molecule has 0 saturated carbocycles. The molecule has 0 aliphatic carbocycles. The molecule has 0 aromatic carbocycles. The maximum absolute atomic E-state index is 12.2. The molecule has 2 aliphatic heterocycles. The minimum absolute atomic E-state index is 0.236. The first-order valence-corrected chi connectivity index (χ1v) is 11.8. The summed E-state index contributed by atoms with van der Waals surface area (Å²) in [5.74, 6) is 1.33. The van der Waals surface area contributed by atoms with Crippen LogP contribution in [0, 0.1) is 25.2 Å². The monoisotopic (exact) mass is 496 g/mol. The van der Waals surface area contributed by atoms with Gasteiger partial charge in [-0.2, -0.15) is 14.6 Å². The zero-order valence-electron chi connectivity index (χ0n) is 19.1. The van der Waals surface area contributed by atoms with Gasteiger partial charge in [-0.25, -0.2) is 4.98 Å². The van der Waals surface area contributed by atoms with Gasteiger partial charge in [-0.1, -0.05) is 0 Å². The number of halogens is 3. The van der Waals surface area contributed by atoms with E-state index in [0.29, 0.717) is 51.6 Å². The highest BCUT2D eigenvalue weighted by Gasteiger charge is 2.49. The number of nitrogens with zero attached hydrogens (tertiary/aromatic N) is 7. The molecule has 4 heterocycles. The minimum atomic E-state index is -4.60. The van der Waals surface area contributed by atoms with Gasteiger partial charge >= 0.3 is 6.36 Å². The number of aryl methyl sites for hydroxylation is 2. The van der Waals surface area contributed by atoms with Gasteiger partial charge in [-0.05, 0) is 31.4 Å². The Labute approximate surface area is 200 Å². The normalized spacial score (nSPS) is 19.0. The highest BCUT2D eigenvalue weighted by atomic mass is 32.1. The fourth-order valence-corrected chi connectivity index (χ4v) is 5.12. The van der Waals surface area contributed by atoms with Gasteiger partial charge in [0.2, 0.25) is 5.95 Å². The summed E-state index contributed by atoms with van der Waals surface area (Å²) in [6.45, 7) is 7.75. The summed E-state index contributed by atoms with van der Waals surface area (Å²) in [4.78, 5) is 15.5. The van der Waals surface area contributed by atoms with E-state index in [0.717, 1.165) is 22.1 Å². The number of alkyl halides is 3. The van der Waals surface area contributed by atoms with Crippen LogP contribution in [0.25, 0.3) is 0 Å². The second-order valence-electron chi connectivity index (χ2n) is 8.70. The Kier molecular flexibility index (Phi) is 7.22. The maximum atomic E-state index is 12.2. The number of ether oxygens (including phenoxy) is 1. The van der Waals surface area contributed by atoms with Crippen LogP contribution >= 0.6 is 11.5 Å². The average molecular weight is 497 g/mol. The van der Waals surface area contributed by atoms with Gasteiger partial charge in [-0.3, -0.25) is 14.5 Å². The highest BCUT2D eigenvalue weighted by molar-refractivity contribution is 7.10. The van der Waals surface area contributed by atoms with E-state index in [-0.39, 0.29) is 18.7 Å². The number of hydrogen-bond acceptors (Lipinski definition) is 10. The van der Waals surface area contributed by atoms with E-state index < -0.39 is 6.36 Å². The Morgan fingerprint density at radius 3 is 2.59 bits per heavy atom. The van der Waals surface area contributed by atoms with Gasteiger partial charge in [0, 0.05) is 57.6 Å². The van der Waals surface area contributed by atoms with Crippen molar-refractivity contribution in [2.75, 3.05) is 62.6 Å². The van der Waals surface area contributed by atoms with Crippen LogP contribution in [-0.4, -0.2) is 88.5 Å². The van der Waals surface area contributed by atoms with Crippen LogP contribution in [0.15, 0.2) is 12.3 Å². The van der Waals surface area contributed by atoms with Gasteiger partial charge in [0.1, 0.15) is 10.8 Å². The standard InChI is InChI=1S/C21H27F3N8OS/c1-15-12-26-19(27-17-11-16(2)29-34-17)28-18(15)31-13-20(14-31,3-4-25)32-7-5-30(6-8-32)9-10-33-21(22,23)24/h11-12H,3,5-10,13-14H2,1-2H3,(H,26,27,28).